The molecule has 6 heteroatoms. The van der Waals surface area contributed by atoms with Crippen LogP contribution in [-0.4, -0.2) is 23.9 Å². The molecule has 36 heavy (non-hydrogen) atoms. The first-order valence-electron chi connectivity index (χ1n) is 12.0. The molecule has 0 aromatic heterocycles. The predicted molar refractivity (Wildman–Crippen MR) is 155 cm³/mol. The lowest BCUT2D eigenvalue weighted by molar-refractivity contribution is -0.113. The summed E-state index contributed by atoms with van der Waals surface area (Å²) >= 11 is 6.90. The van der Waals surface area contributed by atoms with Crippen LogP contribution in [0.4, 0.5) is 11.4 Å². The van der Waals surface area contributed by atoms with E-state index in [1.807, 2.05) is 36.4 Å². The van der Waals surface area contributed by atoms with Crippen LogP contribution < -0.4 is 14.5 Å². The molecule has 0 radical (unpaired) electrons. The number of fused-ring (bicyclic) bond motifs is 1. The lowest BCUT2D eigenvalue weighted by Gasteiger charge is -2.25. The van der Waals surface area contributed by atoms with Gasteiger partial charge in [0, 0.05) is 23.3 Å². The van der Waals surface area contributed by atoms with Gasteiger partial charge in [0.15, 0.2) is 4.32 Å². The molecule has 2 heterocycles. The summed E-state index contributed by atoms with van der Waals surface area (Å²) in [6, 6.07) is 24.5. The Morgan fingerprint density at radius 3 is 2.36 bits per heavy atom. The molecule has 5 rings (SSSR count). The van der Waals surface area contributed by atoms with E-state index in [2.05, 4.69) is 74.2 Å². The van der Waals surface area contributed by atoms with E-state index in [4.69, 9.17) is 17.0 Å². The summed E-state index contributed by atoms with van der Waals surface area (Å²) in [6.07, 6.45) is 4.01. The van der Waals surface area contributed by atoms with Crippen molar-refractivity contribution >= 4 is 45.6 Å². The Labute approximate surface area is 222 Å². The average molecular weight is 513 g/mol. The Kier molecular flexibility index (Phi) is 6.49. The van der Waals surface area contributed by atoms with Crippen LogP contribution in [0, 0.1) is 0 Å². The van der Waals surface area contributed by atoms with Crippen molar-refractivity contribution in [2.45, 2.75) is 26.2 Å². The molecule has 3 aromatic carbocycles. The van der Waals surface area contributed by atoms with E-state index in [1.54, 1.807) is 12.0 Å². The third-order valence-electron chi connectivity index (χ3n) is 6.83. The van der Waals surface area contributed by atoms with Crippen molar-refractivity contribution < 1.29 is 9.53 Å². The minimum absolute atomic E-state index is 0.102. The van der Waals surface area contributed by atoms with Gasteiger partial charge in [0.05, 0.1) is 17.7 Å². The van der Waals surface area contributed by atoms with Gasteiger partial charge in [-0.2, -0.15) is 0 Å². The van der Waals surface area contributed by atoms with Gasteiger partial charge < -0.3 is 9.64 Å². The maximum atomic E-state index is 13.3. The second-order valence-electron chi connectivity index (χ2n) is 9.26. The van der Waals surface area contributed by atoms with Gasteiger partial charge in [0.25, 0.3) is 5.91 Å². The van der Waals surface area contributed by atoms with Crippen molar-refractivity contribution in [3.63, 3.8) is 0 Å². The molecular formula is C30H28N2O2S2. The van der Waals surface area contributed by atoms with Crippen LogP contribution in [0.1, 0.15) is 26.3 Å². The number of likely N-dealkylation sites (N-methyl/N-ethyl adjacent to an activating group) is 1. The monoisotopic (exact) mass is 512 g/mol. The maximum absolute atomic E-state index is 13.3. The van der Waals surface area contributed by atoms with Crippen LogP contribution in [0.2, 0.25) is 0 Å². The fourth-order valence-corrected chi connectivity index (χ4v) is 6.16. The number of rotatable bonds is 5. The molecule has 0 aliphatic carbocycles. The van der Waals surface area contributed by atoms with Crippen LogP contribution in [0.25, 0.3) is 11.1 Å². The number of thiocarbonyl (C=S) groups is 1. The normalized spacial score (nSPS) is 18.9. The van der Waals surface area contributed by atoms with Crippen molar-refractivity contribution in [1.29, 1.82) is 0 Å². The number of amides is 1. The number of ether oxygens (including phenoxy) is 1. The second-order valence-corrected chi connectivity index (χ2v) is 10.9. The Bertz CT molecular complexity index is 1390. The zero-order valence-corrected chi connectivity index (χ0v) is 22.5. The minimum Gasteiger partial charge on any atom is -0.497 e. The fraction of sp³-hybridized carbons (Fsp3) is 0.200. The van der Waals surface area contributed by atoms with E-state index in [-0.39, 0.29) is 11.3 Å². The first kappa shape index (κ1) is 24.3. The van der Waals surface area contributed by atoms with E-state index in [9.17, 15) is 4.79 Å². The molecule has 0 bridgehead atoms. The standard InChI is InChI=1S/C30H28N2O2S2/c1-5-31-25-16-11-21(20-9-7-6-8-10-20)19-24(25)30(2,3)27(31)18-17-26-28(33)32(29(35)36-26)22-12-14-23(34-4)15-13-22/h6-19H,5H2,1-4H3. The van der Waals surface area contributed by atoms with Crippen molar-refractivity contribution in [2.75, 3.05) is 23.5 Å². The highest BCUT2D eigenvalue weighted by atomic mass is 32.2. The van der Waals surface area contributed by atoms with Gasteiger partial charge in [-0.1, -0.05) is 74.2 Å². The van der Waals surface area contributed by atoms with E-state index in [1.165, 1.54) is 39.8 Å². The molecule has 3 aromatic rings. The van der Waals surface area contributed by atoms with Gasteiger partial charge in [-0.25, -0.2) is 0 Å². The first-order valence-corrected chi connectivity index (χ1v) is 13.2. The van der Waals surface area contributed by atoms with Crippen molar-refractivity contribution in [3.8, 4) is 16.9 Å². The summed E-state index contributed by atoms with van der Waals surface area (Å²) in [5, 5.41) is 0. The van der Waals surface area contributed by atoms with Gasteiger partial charge in [-0.05, 0) is 72.2 Å². The molecule has 0 atom stereocenters. The molecule has 2 aliphatic rings. The number of methoxy groups -OCH3 is 1. The summed E-state index contributed by atoms with van der Waals surface area (Å²) in [5.41, 5.74) is 6.62. The minimum atomic E-state index is -0.213. The third kappa shape index (κ3) is 4.14. The van der Waals surface area contributed by atoms with Gasteiger partial charge in [0.1, 0.15) is 5.75 Å². The molecule has 4 nitrogen and oxygen atoms in total. The molecular weight excluding hydrogens is 484 g/mol. The highest BCUT2D eigenvalue weighted by Gasteiger charge is 2.40. The highest BCUT2D eigenvalue weighted by molar-refractivity contribution is 8.27. The summed E-state index contributed by atoms with van der Waals surface area (Å²) in [6.45, 7) is 7.50. The third-order valence-corrected chi connectivity index (χ3v) is 8.15. The maximum Gasteiger partial charge on any atom is 0.270 e. The zero-order valence-electron chi connectivity index (χ0n) is 20.8. The molecule has 1 amide bonds. The van der Waals surface area contributed by atoms with Crippen molar-refractivity contribution in [2.24, 2.45) is 0 Å². The molecule has 1 saturated heterocycles. The van der Waals surface area contributed by atoms with Gasteiger partial charge in [0.2, 0.25) is 0 Å². The predicted octanol–water partition coefficient (Wildman–Crippen LogP) is 7.31. The summed E-state index contributed by atoms with van der Waals surface area (Å²) in [4.78, 5) is 17.8. The Morgan fingerprint density at radius 1 is 0.972 bits per heavy atom. The van der Waals surface area contributed by atoms with E-state index < -0.39 is 0 Å². The fourth-order valence-electron chi connectivity index (χ4n) is 4.92. The average Bonchev–Trinajstić information content (AvgIpc) is 3.30. The number of benzene rings is 3. The molecule has 0 saturated carbocycles. The van der Waals surface area contributed by atoms with Crippen LogP contribution in [0.3, 0.4) is 0 Å². The summed E-state index contributed by atoms with van der Waals surface area (Å²) < 4.78 is 5.77. The Balaban J connectivity index is 1.48. The van der Waals surface area contributed by atoms with Crippen molar-refractivity contribution in [3.05, 3.63) is 101 Å². The number of hydrogen-bond donors (Lipinski definition) is 0. The molecule has 0 N–H and O–H groups in total. The second kappa shape index (κ2) is 9.60. The van der Waals surface area contributed by atoms with E-state index >= 15 is 0 Å². The molecule has 0 spiro atoms. The van der Waals surface area contributed by atoms with Crippen LogP contribution in [-0.2, 0) is 10.2 Å². The van der Waals surface area contributed by atoms with E-state index in [0.717, 1.165) is 18.0 Å². The lowest BCUT2D eigenvalue weighted by Crippen LogP contribution is -2.27. The topological polar surface area (TPSA) is 32.8 Å². The van der Waals surface area contributed by atoms with E-state index in [0.29, 0.717) is 9.23 Å². The number of allylic oxidation sites excluding steroid dienone is 3. The molecule has 0 unspecified atom stereocenters. The largest absolute Gasteiger partial charge is 0.497 e. The highest BCUT2D eigenvalue weighted by Crippen LogP contribution is 2.49. The number of nitrogens with zero attached hydrogens (tertiary/aromatic N) is 2. The van der Waals surface area contributed by atoms with Crippen LogP contribution in [0.15, 0.2) is 95.6 Å². The molecule has 1 fully saturated rings. The molecule has 182 valence electrons. The smallest absolute Gasteiger partial charge is 0.270 e. The molecule has 2 aliphatic heterocycles. The summed E-state index contributed by atoms with van der Waals surface area (Å²) in [5.74, 6) is 0.636. The van der Waals surface area contributed by atoms with Crippen LogP contribution >= 0.6 is 24.0 Å². The Morgan fingerprint density at radius 2 is 1.69 bits per heavy atom. The number of carbonyl (C=O) groups is 1. The lowest BCUT2D eigenvalue weighted by atomic mass is 9.82. The van der Waals surface area contributed by atoms with Gasteiger partial charge >= 0.3 is 0 Å². The van der Waals surface area contributed by atoms with Crippen LogP contribution in [0.5, 0.6) is 5.75 Å². The number of thioether (sulfide) groups is 1. The van der Waals surface area contributed by atoms with Gasteiger partial charge in [-0.15, -0.1) is 0 Å². The zero-order chi connectivity index (χ0) is 25.4. The summed E-state index contributed by atoms with van der Waals surface area (Å²) in [7, 11) is 1.62. The first-order chi connectivity index (χ1) is 17.3. The number of anilines is 2. The van der Waals surface area contributed by atoms with Crippen molar-refractivity contribution in [1.82, 2.24) is 0 Å². The number of hydrogen-bond acceptors (Lipinski definition) is 5. The quantitative estimate of drug-likeness (QED) is 0.264. The Hall–Kier alpha value is -3.35. The van der Waals surface area contributed by atoms with Gasteiger partial charge in [-0.3, -0.25) is 9.69 Å². The number of carbonyl (C=O) groups excluding carboxylic acids is 1. The SMILES string of the molecule is CCN1C(=CC=C2SC(=S)N(c3ccc(OC)cc3)C2=O)C(C)(C)c2cc(-c3ccccc3)ccc21.